The monoisotopic (exact) mass is 220 g/mol. The first-order valence-corrected chi connectivity index (χ1v) is 6.33. The first-order valence-electron chi connectivity index (χ1n) is 4.71. The van der Waals surface area contributed by atoms with Crippen molar-refractivity contribution < 1.29 is 0 Å². The van der Waals surface area contributed by atoms with Crippen molar-refractivity contribution in [1.82, 2.24) is 8.28 Å². The second-order valence-electron chi connectivity index (χ2n) is 5.42. The molecule has 0 unspecified atom stereocenters. The van der Waals surface area contributed by atoms with Crippen LogP contribution in [0.4, 0.5) is 0 Å². The lowest BCUT2D eigenvalue weighted by atomic mass is 10.1. The number of nitrogens with zero attached hydrogens (tertiary/aromatic N) is 2. The van der Waals surface area contributed by atoms with Gasteiger partial charge in [-0.05, 0) is 48.6 Å². The predicted octanol–water partition coefficient (Wildman–Crippen LogP) is 1.66. The molecule has 13 heavy (non-hydrogen) atoms. The van der Waals surface area contributed by atoms with E-state index in [1.54, 1.807) is 0 Å². The smallest absolute Gasteiger partial charge is 0.0950 e. The highest BCUT2D eigenvalue weighted by molar-refractivity contribution is 7.95. The Kier molecular flexibility index (Phi) is 4.50. The van der Waals surface area contributed by atoms with Gasteiger partial charge >= 0.3 is 0 Å². The molecule has 0 rings (SSSR count). The second kappa shape index (κ2) is 4.34. The van der Waals surface area contributed by atoms with Crippen molar-refractivity contribution in [2.75, 3.05) is 7.05 Å². The van der Waals surface area contributed by atoms with Crippen LogP contribution in [0.2, 0.25) is 0 Å². The van der Waals surface area contributed by atoms with Crippen LogP contribution in [0.5, 0.6) is 0 Å². The van der Waals surface area contributed by atoms with E-state index in [4.69, 9.17) is 0 Å². The summed E-state index contributed by atoms with van der Waals surface area (Å²) >= 11 is 1.84. The third-order valence-corrected chi connectivity index (χ3v) is 5.55. The summed E-state index contributed by atoms with van der Waals surface area (Å²) < 4.78 is 4.73. The number of hydrogen-bond acceptors (Lipinski definition) is 3. The molecule has 80 valence electrons. The molecule has 0 fully saturated rings. The standard InChI is InChI=1S/C9H24N2SSi/c1-8(2,3)10(7)12-11(13)9(4,5)6/h1-7,13H3. The molecule has 0 aliphatic rings. The van der Waals surface area contributed by atoms with E-state index in [0.717, 1.165) is 10.4 Å². The molecule has 0 amide bonds. The Morgan fingerprint density at radius 1 is 0.923 bits per heavy atom. The minimum atomic E-state index is 0.235. The van der Waals surface area contributed by atoms with Crippen LogP contribution in [0.1, 0.15) is 41.5 Å². The highest BCUT2D eigenvalue weighted by Crippen LogP contribution is 2.27. The molecule has 0 N–H and O–H groups in total. The highest BCUT2D eigenvalue weighted by atomic mass is 32.2. The molecule has 0 saturated heterocycles. The predicted molar refractivity (Wildman–Crippen MR) is 66.6 cm³/mol. The van der Waals surface area contributed by atoms with Crippen LogP contribution in [-0.2, 0) is 0 Å². The van der Waals surface area contributed by atoms with Crippen LogP contribution < -0.4 is 0 Å². The maximum atomic E-state index is 2.41. The van der Waals surface area contributed by atoms with Crippen LogP contribution in [0.15, 0.2) is 0 Å². The molecule has 0 bridgehead atoms. The van der Waals surface area contributed by atoms with Gasteiger partial charge in [0.1, 0.15) is 0 Å². The summed E-state index contributed by atoms with van der Waals surface area (Å²) in [5.74, 6) is 0. The molecule has 0 saturated carbocycles. The van der Waals surface area contributed by atoms with Gasteiger partial charge in [-0.1, -0.05) is 0 Å². The minimum absolute atomic E-state index is 0.235. The summed E-state index contributed by atoms with van der Waals surface area (Å²) in [5, 5.41) is 0. The number of rotatable bonds is 2. The van der Waals surface area contributed by atoms with Gasteiger partial charge in [-0.2, -0.15) is 0 Å². The first-order chi connectivity index (χ1) is 5.55. The second-order valence-corrected chi connectivity index (χ2v) is 8.22. The van der Waals surface area contributed by atoms with Crippen molar-refractivity contribution in [3.8, 4) is 0 Å². The molecule has 0 spiro atoms. The SMILES string of the molecule is CN(SN([SiH3])C(C)(C)C)C(C)(C)C. The molecule has 4 heteroatoms. The molecule has 0 aliphatic carbocycles. The fourth-order valence-electron chi connectivity index (χ4n) is 0.429. The zero-order valence-corrected chi connectivity index (χ0v) is 13.1. The van der Waals surface area contributed by atoms with Crippen LogP contribution in [0.3, 0.4) is 0 Å². The third-order valence-electron chi connectivity index (χ3n) is 2.13. The Bertz CT molecular complexity index is 142. The first kappa shape index (κ1) is 13.5. The van der Waals surface area contributed by atoms with Gasteiger partial charge in [0.25, 0.3) is 0 Å². The molecule has 0 radical (unpaired) electrons. The lowest BCUT2D eigenvalue weighted by Gasteiger charge is -2.39. The lowest BCUT2D eigenvalue weighted by Crippen LogP contribution is -2.41. The lowest BCUT2D eigenvalue weighted by molar-refractivity contribution is 0.299. The maximum Gasteiger partial charge on any atom is 0.0950 e. The molecule has 0 aliphatic heterocycles. The Morgan fingerprint density at radius 3 is 1.54 bits per heavy atom. The van der Waals surface area contributed by atoms with Gasteiger partial charge in [-0.3, -0.25) is 3.97 Å². The Hall–Kier alpha value is 0.487. The maximum absolute atomic E-state index is 2.41. The van der Waals surface area contributed by atoms with Gasteiger partial charge in [0, 0.05) is 23.2 Å². The summed E-state index contributed by atoms with van der Waals surface area (Å²) in [6.45, 7) is 13.5. The van der Waals surface area contributed by atoms with Gasteiger partial charge in [0.05, 0.1) is 10.4 Å². The Morgan fingerprint density at radius 2 is 1.31 bits per heavy atom. The van der Waals surface area contributed by atoms with Crippen molar-refractivity contribution >= 4 is 22.5 Å². The summed E-state index contributed by atoms with van der Waals surface area (Å²) in [7, 11) is 3.24. The van der Waals surface area contributed by atoms with Gasteiger partial charge in [-0.25, -0.2) is 4.31 Å². The van der Waals surface area contributed by atoms with Gasteiger partial charge in [-0.15, -0.1) is 0 Å². The van der Waals surface area contributed by atoms with Crippen LogP contribution in [0.25, 0.3) is 0 Å². The molecule has 0 aromatic carbocycles. The van der Waals surface area contributed by atoms with E-state index in [2.05, 4.69) is 56.9 Å². The molecular formula is C9H24N2SSi. The Balaban J connectivity index is 4.15. The van der Waals surface area contributed by atoms with Crippen molar-refractivity contribution in [1.29, 1.82) is 0 Å². The van der Waals surface area contributed by atoms with Gasteiger partial charge < -0.3 is 0 Å². The molecular weight excluding hydrogens is 196 g/mol. The van der Waals surface area contributed by atoms with E-state index in [-0.39, 0.29) is 11.1 Å². The fraction of sp³-hybridized carbons (Fsp3) is 1.00. The normalized spacial score (nSPS) is 14.5. The van der Waals surface area contributed by atoms with Gasteiger partial charge in [0.15, 0.2) is 0 Å². The number of hydrogen-bond donors (Lipinski definition) is 0. The summed E-state index contributed by atoms with van der Waals surface area (Å²) in [6, 6.07) is 0. The molecule has 0 aromatic rings. The third kappa shape index (κ3) is 5.05. The molecule has 2 nitrogen and oxygen atoms in total. The zero-order chi connectivity index (χ0) is 10.9. The topological polar surface area (TPSA) is 6.48 Å². The summed E-state index contributed by atoms with van der Waals surface area (Å²) in [6.07, 6.45) is 0. The van der Waals surface area contributed by atoms with Crippen LogP contribution >= 0.6 is 12.1 Å². The highest BCUT2D eigenvalue weighted by Gasteiger charge is 2.24. The van der Waals surface area contributed by atoms with E-state index >= 15 is 0 Å². The van der Waals surface area contributed by atoms with Crippen molar-refractivity contribution in [2.24, 2.45) is 0 Å². The van der Waals surface area contributed by atoms with Crippen molar-refractivity contribution in [2.45, 2.75) is 52.6 Å². The van der Waals surface area contributed by atoms with E-state index in [0.29, 0.717) is 0 Å². The van der Waals surface area contributed by atoms with E-state index in [1.165, 1.54) is 0 Å². The fourth-order valence-corrected chi connectivity index (χ4v) is 2.02. The summed E-state index contributed by atoms with van der Waals surface area (Å²) in [5.41, 5.74) is 0.509. The van der Waals surface area contributed by atoms with E-state index < -0.39 is 0 Å². The van der Waals surface area contributed by atoms with Gasteiger partial charge in [0.2, 0.25) is 0 Å². The van der Waals surface area contributed by atoms with E-state index in [9.17, 15) is 0 Å². The van der Waals surface area contributed by atoms with Crippen LogP contribution in [-0.4, -0.2) is 36.8 Å². The quantitative estimate of drug-likeness (QED) is 0.516. The largest absolute Gasteiger partial charge is 0.264 e. The molecule has 0 atom stereocenters. The summed E-state index contributed by atoms with van der Waals surface area (Å²) in [4.78, 5) is 0. The molecule has 0 aromatic heterocycles. The van der Waals surface area contributed by atoms with Crippen LogP contribution in [0, 0.1) is 0 Å². The van der Waals surface area contributed by atoms with E-state index in [1.807, 2.05) is 12.1 Å². The average molecular weight is 220 g/mol. The average Bonchev–Trinajstić information content (AvgIpc) is 1.82. The van der Waals surface area contributed by atoms with Crippen molar-refractivity contribution in [3.63, 3.8) is 0 Å². The van der Waals surface area contributed by atoms with Crippen molar-refractivity contribution in [3.05, 3.63) is 0 Å². The zero-order valence-electron chi connectivity index (χ0n) is 10.3. The minimum Gasteiger partial charge on any atom is -0.264 e. The Labute approximate surface area is 90.8 Å². The molecule has 0 heterocycles.